The summed E-state index contributed by atoms with van der Waals surface area (Å²) in [5.41, 5.74) is 7.89. The van der Waals surface area contributed by atoms with Crippen LogP contribution in [-0.2, 0) is 9.53 Å². The highest BCUT2D eigenvalue weighted by Gasteiger charge is 2.29. The van der Waals surface area contributed by atoms with Crippen LogP contribution in [0.15, 0.2) is 46.9 Å². The van der Waals surface area contributed by atoms with E-state index in [9.17, 15) is 4.79 Å². The summed E-state index contributed by atoms with van der Waals surface area (Å²) in [7, 11) is 0. The lowest BCUT2D eigenvalue weighted by Gasteiger charge is -2.12. The lowest BCUT2D eigenvalue weighted by Crippen LogP contribution is -2.29. The summed E-state index contributed by atoms with van der Waals surface area (Å²) in [5, 5.41) is 5.02. The molecule has 1 aliphatic rings. The minimum atomic E-state index is -0.421. The maximum atomic E-state index is 12.3. The Morgan fingerprint density at radius 2 is 1.92 bits per heavy atom. The van der Waals surface area contributed by atoms with Crippen LogP contribution in [0.3, 0.4) is 0 Å². The van der Waals surface area contributed by atoms with Gasteiger partial charge in [0.05, 0.1) is 6.10 Å². The van der Waals surface area contributed by atoms with Crippen LogP contribution >= 0.6 is 12.4 Å². The molecular formula is C18H19ClN2O3. The minimum Gasteiger partial charge on any atom is -0.456 e. The molecule has 0 spiro atoms. The molecule has 5 nitrogen and oxygen atoms in total. The van der Waals surface area contributed by atoms with Crippen molar-refractivity contribution < 1.29 is 13.9 Å². The Kier molecular flexibility index (Phi) is 4.76. The number of carbonyl (C=O) groups excluding carboxylic acids is 1. The summed E-state index contributed by atoms with van der Waals surface area (Å²) in [6, 6.07) is 13.6. The number of nitrogens with one attached hydrogen (secondary N) is 1. The van der Waals surface area contributed by atoms with Crippen molar-refractivity contribution in [2.45, 2.75) is 25.0 Å². The molecule has 126 valence electrons. The van der Waals surface area contributed by atoms with E-state index in [0.717, 1.165) is 28.4 Å². The number of anilines is 1. The number of carbonyl (C=O) groups is 1. The van der Waals surface area contributed by atoms with Gasteiger partial charge in [-0.1, -0.05) is 18.2 Å². The minimum absolute atomic E-state index is 0. The highest BCUT2D eigenvalue weighted by atomic mass is 35.5. The first-order chi connectivity index (χ1) is 11.2. The molecule has 1 aromatic heterocycles. The maximum Gasteiger partial charge on any atom is 0.253 e. The fourth-order valence-corrected chi connectivity index (χ4v) is 3.10. The quantitative estimate of drug-likeness (QED) is 0.761. The van der Waals surface area contributed by atoms with Crippen LogP contribution in [0.1, 0.15) is 12.8 Å². The fourth-order valence-electron chi connectivity index (χ4n) is 3.10. The predicted octanol–water partition coefficient (Wildman–Crippen LogP) is 3.45. The van der Waals surface area contributed by atoms with Crippen molar-refractivity contribution in [1.29, 1.82) is 0 Å². The van der Waals surface area contributed by atoms with Crippen LogP contribution in [0.2, 0.25) is 0 Å². The van der Waals surface area contributed by atoms with E-state index in [4.69, 9.17) is 14.9 Å². The molecule has 0 radical (unpaired) electrons. The van der Waals surface area contributed by atoms with Crippen LogP contribution in [0, 0.1) is 0 Å². The zero-order valence-electron chi connectivity index (χ0n) is 13.0. The number of furan rings is 1. The summed E-state index contributed by atoms with van der Waals surface area (Å²) in [6.45, 7) is 0.453. The summed E-state index contributed by atoms with van der Waals surface area (Å²) in [5.74, 6) is -0.128. The molecule has 6 heteroatoms. The molecule has 1 amide bonds. The van der Waals surface area contributed by atoms with E-state index < -0.39 is 6.10 Å². The number of nitrogens with two attached hydrogens (primary N) is 1. The van der Waals surface area contributed by atoms with E-state index in [0.29, 0.717) is 18.7 Å². The zero-order chi connectivity index (χ0) is 15.8. The van der Waals surface area contributed by atoms with Crippen LogP contribution < -0.4 is 11.1 Å². The number of fused-ring (bicyclic) bond motifs is 3. The molecule has 1 saturated heterocycles. The third-order valence-electron chi connectivity index (χ3n) is 4.31. The molecule has 2 heterocycles. The topological polar surface area (TPSA) is 77.5 Å². The third kappa shape index (κ3) is 2.98. The second-order valence-corrected chi connectivity index (χ2v) is 5.86. The molecule has 2 aromatic carbocycles. The van der Waals surface area contributed by atoms with Gasteiger partial charge in [0.1, 0.15) is 17.3 Å². The summed E-state index contributed by atoms with van der Waals surface area (Å²) in [6.07, 6.45) is 1.11. The van der Waals surface area contributed by atoms with E-state index >= 15 is 0 Å². The molecule has 1 fully saturated rings. The van der Waals surface area contributed by atoms with Crippen molar-refractivity contribution in [2.24, 2.45) is 5.73 Å². The average molecular weight is 347 g/mol. The molecule has 24 heavy (non-hydrogen) atoms. The lowest BCUT2D eigenvalue weighted by atomic mass is 10.1. The molecule has 3 N–H and O–H groups in total. The lowest BCUT2D eigenvalue weighted by molar-refractivity contribution is -0.126. The van der Waals surface area contributed by atoms with Crippen LogP contribution in [0.4, 0.5) is 5.69 Å². The Labute approximate surface area is 145 Å². The first-order valence-electron chi connectivity index (χ1n) is 7.82. The number of halogens is 1. The average Bonchev–Trinajstić information content (AvgIpc) is 3.18. The number of amides is 1. The van der Waals surface area contributed by atoms with Gasteiger partial charge in [-0.25, -0.2) is 0 Å². The molecule has 0 unspecified atom stereocenters. The second kappa shape index (κ2) is 6.81. The summed E-state index contributed by atoms with van der Waals surface area (Å²) in [4.78, 5) is 12.3. The SMILES string of the molecule is Cl.NC[C@H]1CC[C@@H](C(=O)Nc2ccc3c(c2)oc2ccccc23)O1. The number of hydrogen-bond donors (Lipinski definition) is 2. The fraction of sp³-hybridized carbons (Fsp3) is 0.278. The molecule has 2 atom stereocenters. The van der Waals surface area contributed by atoms with Gasteiger partial charge in [0, 0.05) is 29.1 Å². The largest absolute Gasteiger partial charge is 0.456 e. The molecule has 0 bridgehead atoms. The Morgan fingerprint density at radius 3 is 2.71 bits per heavy atom. The van der Waals surface area contributed by atoms with Crippen LogP contribution in [0.25, 0.3) is 21.9 Å². The normalized spacial score (nSPS) is 20.2. The zero-order valence-corrected chi connectivity index (χ0v) is 13.8. The predicted molar refractivity (Wildman–Crippen MR) is 96.5 cm³/mol. The van der Waals surface area contributed by atoms with Crippen molar-refractivity contribution in [3.8, 4) is 0 Å². The van der Waals surface area contributed by atoms with Crippen molar-refractivity contribution in [1.82, 2.24) is 0 Å². The van der Waals surface area contributed by atoms with Gasteiger partial charge in [-0.2, -0.15) is 0 Å². The Hall–Kier alpha value is -2.08. The number of para-hydroxylation sites is 1. The number of hydrogen-bond acceptors (Lipinski definition) is 4. The van der Waals surface area contributed by atoms with Gasteiger partial charge in [-0.3, -0.25) is 4.79 Å². The van der Waals surface area contributed by atoms with Gasteiger partial charge in [-0.15, -0.1) is 12.4 Å². The van der Waals surface area contributed by atoms with Gasteiger partial charge in [0.15, 0.2) is 0 Å². The van der Waals surface area contributed by atoms with Gasteiger partial charge in [0.25, 0.3) is 5.91 Å². The number of benzene rings is 2. The van der Waals surface area contributed by atoms with E-state index in [1.165, 1.54) is 0 Å². The van der Waals surface area contributed by atoms with E-state index in [1.807, 2.05) is 42.5 Å². The van der Waals surface area contributed by atoms with Crippen molar-refractivity contribution >= 4 is 45.9 Å². The number of ether oxygens (including phenoxy) is 1. The van der Waals surface area contributed by atoms with Crippen molar-refractivity contribution in [3.63, 3.8) is 0 Å². The molecule has 1 aliphatic heterocycles. The van der Waals surface area contributed by atoms with Crippen LogP contribution in [0.5, 0.6) is 0 Å². The highest BCUT2D eigenvalue weighted by Crippen LogP contribution is 2.30. The summed E-state index contributed by atoms with van der Waals surface area (Å²) >= 11 is 0. The Balaban J connectivity index is 0.00000169. The van der Waals surface area contributed by atoms with Gasteiger partial charge in [0.2, 0.25) is 0 Å². The van der Waals surface area contributed by atoms with Crippen molar-refractivity contribution in [3.05, 3.63) is 42.5 Å². The van der Waals surface area contributed by atoms with Crippen LogP contribution in [-0.4, -0.2) is 24.7 Å². The molecule has 0 aliphatic carbocycles. The van der Waals surface area contributed by atoms with Gasteiger partial charge < -0.3 is 20.2 Å². The van der Waals surface area contributed by atoms with E-state index in [-0.39, 0.29) is 24.4 Å². The van der Waals surface area contributed by atoms with Gasteiger partial charge in [-0.05, 0) is 31.0 Å². The molecular weight excluding hydrogens is 328 g/mol. The molecule has 0 saturated carbocycles. The standard InChI is InChI=1S/C18H18N2O3.ClH/c19-10-12-6-8-16(22-12)18(21)20-11-5-7-14-13-3-1-2-4-15(13)23-17(14)9-11;/h1-5,7,9,12,16H,6,8,10,19H2,(H,20,21);1H/t12-,16+;/m1./s1. The highest BCUT2D eigenvalue weighted by molar-refractivity contribution is 6.06. The Bertz CT molecular complexity index is 877. The molecule has 4 rings (SSSR count). The van der Waals surface area contributed by atoms with Gasteiger partial charge >= 0.3 is 0 Å². The third-order valence-corrected chi connectivity index (χ3v) is 4.31. The van der Waals surface area contributed by atoms with Crippen molar-refractivity contribution in [2.75, 3.05) is 11.9 Å². The van der Waals surface area contributed by atoms with E-state index in [1.54, 1.807) is 0 Å². The Morgan fingerprint density at radius 1 is 1.12 bits per heavy atom. The second-order valence-electron chi connectivity index (χ2n) is 5.86. The monoisotopic (exact) mass is 346 g/mol. The summed E-state index contributed by atoms with van der Waals surface area (Å²) < 4.78 is 11.5. The molecule has 3 aromatic rings. The maximum absolute atomic E-state index is 12.3. The van der Waals surface area contributed by atoms with E-state index in [2.05, 4.69) is 5.32 Å². The number of rotatable bonds is 3. The smallest absolute Gasteiger partial charge is 0.253 e. The first-order valence-corrected chi connectivity index (χ1v) is 7.82. The first kappa shape index (κ1) is 16.8.